The SMILES string of the molecule is CNc1ccnc2c1cc(-c1cn(C)c3cc(OC)c(OC)cc13)n2S(=O)(=O)c1ccc(C)cc1. The zero-order chi connectivity index (χ0) is 24.9. The molecule has 5 rings (SSSR count). The second-order valence-corrected chi connectivity index (χ2v) is 10.1. The van der Waals surface area contributed by atoms with Gasteiger partial charge in [-0.05, 0) is 37.3 Å². The molecule has 1 N–H and O–H groups in total. The molecule has 0 atom stereocenters. The highest BCUT2D eigenvalue weighted by Crippen LogP contribution is 2.41. The maximum atomic E-state index is 14.0. The summed E-state index contributed by atoms with van der Waals surface area (Å²) in [5.74, 6) is 1.16. The van der Waals surface area contributed by atoms with Crippen molar-refractivity contribution in [1.29, 1.82) is 0 Å². The Labute approximate surface area is 203 Å². The molecule has 0 saturated heterocycles. The van der Waals surface area contributed by atoms with Crippen LogP contribution in [0.5, 0.6) is 11.5 Å². The third-order valence-corrected chi connectivity index (χ3v) is 7.98. The van der Waals surface area contributed by atoms with Crippen molar-refractivity contribution in [3.8, 4) is 22.8 Å². The first kappa shape index (κ1) is 22.8. The topological polar surface area (TPSA) is 87.4 Å². The molecular weight excluding hydrogens is 464 g/mol. The molecule has 0 amide bonds. The molecule has 0 aliphatic carbocycles. The Hall–Kier alpha value is -3.98. The normalized spacial score (nSPS) is 11.8. The second kappa shape index (κ2) is 8.35. The molecule has 5 aromatic rings. The lowest BCUT2D eigenvalue weighted by Gasteiger charge is -2.12. The highest BCUT2D eigenvalue weighted by Gasteiger charge is 2.27. The number of fused-ring (bicyclic) bond motifs is 2. The highest BCUT2D eigenvalue weighted by atomic mass is 32.2. The molecule has 3 heterocycles. The van der Waals surface area contributed by atoms with Crippen molar-refractivity contribution in [2.75, 3.05) is 26.6 Å². The summed E-state index contributed by atoms with van der Waals surface area (Å²) in [5.41, 5.74) is 4.24. The highest BCUT2D eigenvalue weighted by molar-refractivity contribution is 7.90. The third-order valence-electron chi connectivity index (χ3n) is 6.26. The van der Waals surface area contributed by atoms with E-state index in [0.717, 1.165) is 27.7 Å². The maximum absolute atomic E-state index is 14.0. The molecule has 2 aromatic carbocycles. The number of ether oxygens (including phenoxy) is 2. The van der Waals surface area contributed by atoms with Gasteiger partial charge in [0, 0.05) is 54.6 Å². The molecule has 0 aliphatic heterocycles. The van der Waals surface area contributed by atoms with Crippen LogP contribution in [0.2, 0.25) is 0 Å². The summed E-state index contributed by atoms with van der Waals surface area (Å²) >= 11 is 0. The lowest BCUT2D eigenvalue weighted by molar-refractivity contribution is 0.355. The first-order valence-corrected chi connectivity index (χ1v) is 12.5. The Morgan fingerprint density at radius 1 is 0.943 bits per heavy atom. The van der Waals surface area contributed by atoms with Crippen LogP contribution in [0.25, 0.3) is 33.2 Å². The number of hydrogen-bond acceptors (Lipinski definition) is 6. The molecule has 0 saturated carbocycles. The summed E-state index contributed by atoms with van der Waals surface area (Å²) in [7, 11) is 2.91. The zero-order valence-corrected chi connectivity index (χ0v) is 21.0. The Bertz CT molecular complexity index is 1680. The first-order valence-electron chi connectivity index (χ1n) is 11.0. The second-order valence-electron chi connectivity index (χ2n) is 8.34. The summed E-state index contributed by atoms with van der Waals surface area (Å²) in [6.45, 7) is 1.92. The molecule has 0 bridgehead atoms. The predicted molar refractivity (Wildman–Crippen MR) is 138 cm³/mol. The molecule has 180 valence electrons. The van der Waals surface area contributed by atoms with Gasteiger partial charge in [-0.1, -0.05) is 17.7 Å². The fraction of sp³-hybridized carbons (Fsp3) is 0.192. The van der Waals surface area contributed by atoms with Crippen LogP contribution in [-0.2, 0) is 17.1 Å². The lowest BCUT2D eigenvalue weighted by atomic mass is 10.1. The number of aryl methyl sites for hydroxylation is 2. The molecule has 3 aromatic heterocycles. The van der Waals surface area contributed by atoms with Crippen LogP contribution in [-0.4, -0.2) is 43.2 Å². The van der Waals surface area contributed by atoms with Gasteiger partial charge in [-0.15, -0.1) is 0 Å². The van der Waals surface area contributed by atoms with Gasteiger partial charge >= 0.3 is 0 Å². The minimum absolute atomic E-state index is 0.193. The van der Waals surface area contributed by atoms with Crippen molar-refractivity contribution in [3.63, 3.8) is 0 Å². The van der Waals surface area contributed by atoms with Gasteiger partial charge in [0.1, 0.15) is 0 Å². The molecule has 0 spiro atoms. The van der Waals surface area contributed by atoms with E-state index in [9.17, 15) is 8.42 Å². The number of anilines is 1. The van der Waals surface area contributed by atoms with E-state index in [-0.39, 0.29) is 4.90 Å². The minimum atomic E-state index is -3.97. The summed E-state index contributed by atoms with van der Waals surface area (Å²) in [6, 6.07) is 14.3. The van der Waals surface area contributed by atoms with Crippen molar-refractivity contribution >= 4 is 37.6 Å². The van der Waals surface area contributed by atoms with Gasteiger partial charge in [-0.3, -0.25) is 0 Å². The van der Waals surface area contributed by atoms with Gasteiger partial charge in [0.2, 0.25) is 0 Å². The number of rotatable bonds is 6. The molecule has 0 radical (unpaired) electrons. The Kier molecular flexibility index (Phi) is 5.44. The molecule has 9 heteroatoms. The number of nitrogens with one attached hydrogen (secondary N) is 1. The van der Waals surface area contributed by atoms with E-state index in [4.69, 9.17) is 9.47 Å². The Balaban J connectivity index is 1.89. The van der Waals surface area contributed by atoms with Crippen LogP contribution >= 0.6 is 0 Å². The zero-order valence-electron chi connectivity index (χ0n) is 20.2. The van der Waals surface area contributed by atoms with Crippen LogP contribution < -0.4 is 14.8 Å². The summed E-state index contributed by atoms with van der Waals surface area (Å²) in [5, 5.41) is 4.69. The monoisotopic (exact) mass is 490 g/mol. The van der Waals surface area contributed by atoms with Gasteiger partial charge in [-0.2, -0.15) is 0 Å². The van der Waals surface area contributed by atoms with Crippen molar-refractivity contribution < 1.29 is 17.9 Å². The number of benzene rings is 2. The number of methoxy groups -OCH3 is 2. The number of aromatic nitrogens is 3. The van der Waals surface area contributed by atoms with Crippen molar-refractivity contribution in [1.82, 2.24) is 13.5 Å². The van der Waals surface area contributed by atoms with Gasteiger partial charge in [0.05, 0.1) is 30.3 Å². The minimum Gasteiger partial charge on any atom is -0.493 e. The molecule has 8 nitrogen and oxygen atoms in total. The number of pyridine rings is 1. The smallest absolute Gasteiger partial charge is 0.269 e. The van der Waals surface area contributed by atoms with Crippen LogP contribution in [0.15, 0.2) is 65.8 Å². The Morgan fingerprint density at radius 3 is 2.29 bits per heavy atom. The van der Waals surface area contributed by atoms with E-state index in [1.807, 2.05) is 49.0 Å². The first-order chi connectivity index (χ1) is 16.8. The summed E-state index contributed by atoms with van der Waals surface area (Å²) < 4.78 is 42.4. The largest absolute Gasteiger partial charge is 0.493 e. The molecule has 0 aliphatic rings. The van der Waals surface area contributed by atoms with Crippen molar-refractivity contribution in [3.05, 3.63) is 66.5 Å². The molecule has 0 fully saturated rings. The predicted octanol–water partition coefficient (Wildman–Crippen LogP) is 4.80. The van der Waals surface area contributed by atoms with Crippen LogP contribution in [0.3, 0.4) is 0 Å². The van der Waals surface area contributed by atoms with E-state index in [2.05, 4.69) is 10.3 Å². The average Bonchev–Trinajstić information content (AvgIpc) is 3.41. The number of nitrogens with zero attached hydrogens (tertiary/aromatic N) is 3. The van der Waals surface area contributed by atoms with E-state index in [0.29, 0.717) is 28.2 Å². The van der Waals surface area contributed by atoms with Gasteiger partial charge in [0.15, 0.2) is 17.1 Å². The maximum Gasteiger partial charge on any atom is 0.269 e. The van der Waals surface area contributed by atoms with Crippen LogP contribution in [0, 0.1) is 6.92 Å². The third kappa shape index (κ3) is 3.50. The molecule has 35 heavy (non-hydrogen) atoms. The van der Waals surface area contributed by atoms with E-state index in [1.54, 1.807) is 51.7 Å². The summed E-state index contributed by atoms with van der Waals surface area (Å²) in [4.78, 5) is 4.68. The lowest BCUT2D eigenvalue weighted by Crippen LogP contribution is -2.14. The van der Waals surface area contributed by atoms with E-state index in [1.165, 1.54) is 3.97 Å². The Morgan fingerprint density at radius 2 is 1.63 bits per heavy atom. The fourth-order valence-electron chi connectivity index (χ4n) is 4.45. The van der Waals surface area contributed by atoms with Crippen molar-refractivity contribution in [2.45, 2.75) is 11.8 Å². The van der Waals surface area contributed by atoms with Crippen LogP contribution in [0.4, 0.5) is 5.69 Å². The van der Waals surface area contributed by atoms with E-state index >= 15 is 0 Å². The molecular formula is C26H26N4O4S. The van der Waals surface area contributed by atoms with Gasteiger partial charge in [-0.25, -0.2) is 17.4 Å². The number of hydrogen-bond donors (Lipinski definition) is 1. The van der Waals surface area contributed by atoms with Crippen LogP contribution in [0.1, 0.15) is 5.56 Å². The van der Waals surface area contributed by atoms with E-state index < -0.39 is 10.0 Å². The fourth-order valence-corrected chi connectivity index (χ4v) is 5.93. The molecule has 0 unspecified atom stereocenters. The van der Waals surface area contributed by atoms with Gasteiger partial charge in [0.25, 0.3) is 10.0 Å². The average molecular weight is 491 g/mol. The van der Waals surface area contributed by atoms with Crippen molar-refractivity contribution in [2.24, 2.45) is 7.05 Å². The summed E-state index contributed by atoms with van der Waals surface area (Å²) in [6.07, 6.45) is 3.52. The van der Waals surface area contributed by atoms with Gasteiger partial charge < -0.3 is 19.4 Å². The quantitative estimate of drug-likeness (QED) is 0.368. The standard InChI is InChI=1S/C26H26N4O4S/c1-16-6-8-17(9-7-16)35(31,32)30-23(12-19-21(27-2)10-11-28-26(19)30)20-15-29(3)22-14-25(34-5)24(33-4)13-18(20)22/h6-15H,1-5H3,(H,27,28).